The molecule has 1 aromatic rings. The summed E-state index contributed by atoms with van der Waals surface area (Å²) in [5.74, 6) is 0. The van der Waals surface area contributed by atoms with Gasteiger partial charge in [0.25, 0.3) is 10.1 Å². The lowest BCUT2D eigenvalue weighted by Crippen LogP contribution is -2.44. The van der Waals surface area contributed by atoms with Crippen molar-refractivity contribution in [2.45, 2.75) is 51.6 Å². The molecule has 0 aliphatic heterocycles. The fourth-order valence-corrected chi connectivity index (χ4v) is 3.83. The van der Waals surface area contributed by atoms with Gasteiger partial charge in [0.2, 0.25) is 0 Å². The highest BCUT2D eigenvalue weighted by molar-refractivity contribution is 7.86. The van der Waals surface area contributed by atoms with Gasteiger partial charge >= 0.3 is 0 Å². The van der Waals surface area contributed by atoms with Crippen LogP contribution in [0.2, 0.25) is 18.1 Å². The van der Waals surface area contributed by atoms with Crippen LogP contribution in [-0.2, 0) is 39.5 Å². The van der Waals surface area contributed by atoms with Crippen molar-refractivity contribution in [2.75, 3.05) is 45.9 Å². The Kier molecular flexibility index (Phi) is 11.7. The average molecular weight is 463 g/mol. The Bertz CT molecular complexity index is 687. The monoisotopic (exact) mass is 462 g/mol. The third-order valence-corrected chi connectivity index (χ3v) is 10.0. The first-order valence-electron chi connectivity index (χ1n) is 10.2. The van der Waals surface area contributed by atoms with E-state index in [1.807, 2.05) is 30.3 Å². The molecule has 1 aromatic carbocycles. The largest absolute Gasteiger partial charge is 0.414 e. The van der Waals surface area contributed by atoms with Crippen LogP contribution in [0.25, 0.3) is 0 Å². The molecule has 0 aliphatic carbocycles. The van der Waals surface area contributed by atoms with Crippen molar-refractivity contribution in [3.05, 3.63) is 35.9 Å². The molecule has 0 saturated heterocycles. The standard InChI is InChI=1S/C21H38O7SSi/c1-21(2,3)30(5,6)27-18-20(28-29(4,22)23)17-26-15-13-24-12-14-25-16-19-10-8-7-9-11-19/h7-11,20H,12-18H2,1-6H3/t20-/m0/s1. The summed E-state index contributed by atoms with van der Waals surface area (Å²) in [5.41, 5.74) is 1.12. The lowest BCUT2D eigenvalue weighted by atomic mass is 10.2. The third kappa shape index (κ3) is 12.1. The van der Waals surface area contributed by atoms with Crippen molar-refractivity contribution in [3.63, 3.8) is 0 Å². The van der Waals surface area contributed by atoms with E-state index >= 15 is 0 Å². The predicted molar refractivity (Wildman–Crippen MR) is 121 cm³/mol. The van der Waals surface area contributed by atoms with E-state index in [1.165, 1.54) is 0 Å². The van der Waals surface area contributed by atoms with Crippen LogP contribution in [0.1, 0.15) is 26.3 Å². The lowest BCUT2D eigenvalue weighted by molar-refractivity contribution is -0.0141. The van der Waals surface area contributed by atoms with E-state index in [-0.39, 0.29) is 18.3 Å². The molecule has 1 rings (SSSR count). The zero-order valence-electron chi connectivity index (χ0n) is 19.2. The summed E-state index contributed by atoms with van der Waals surface area (Å²) < 4.78 is 50.9. The molecule has 1 atom stereocenters. The first kappa shape index (κ1) is 27.2. The van der Waals surface area contributed by atoms with Gasteiger partial charge in [-0.05, 0) is 23.7 Å². The summed E-state index contributed by atoms with van der Waals surface area (Å²) in [6, 6.07) is 9.95. The van der Waals surface area contributed by atoms with E-state index in [9.17, 15) is 8.42 Å². The number of rotatable bonds is 15. The minimum Gasteiger partial charge on any atom is -0.414 e. The minimum absolute atomic E-state index is 0.0277. The number of ether oxygens (including phenoxy) is 3. The van der Waals surface area contributed by atoms with E-state index in [0.717, 1.165) is 11.8 Å². The molecule has 0 amide bonds. The Morgan fingerprint density at radius 1 is 0.900 bits per heavy atom. The molecule has 0 bridgehead atoms. The molecule has 0 heterocycles. The maximum atomic E-state index is 11.5. The minimum atomic E-state index is -3.60. The van der Waals surface area contributed by atoms with Crippen LogP contribution in [-0.4, -0.2) is 68.7 Å². The Labute approximate surface area is 183 Å². The number of hydrogen-bond donors (Lipinski definition) is 0. The molecule has 7 nitrogen and oxygen atoms in total. The van der Waals surface area contributed by atoms with Crippen molar-refractivity contribution in [3.8, 4) is 0 Å². The summed E-state index contributed by atoms with van der Waals surface area (Å²) in [7, 11) is -5.61. The molecule has 0 aliphatic rings. The molecule has 0 fully saturated rings. The second-order valence-electron chi connectivity index (χ2n) is 8.72. The summed E-state index contributed by atoms with van der Waals surface area (Å²) >= 11 is 0. The zero-order chi connectivity index (χ0) is 22.7. The lowest BCUT2D eigenvalue weighted by Gasteiger charge is -2.37. The van der Waals surface area contributed by atoms with Gasteiger partial charge in [0.05, 0.1) is 52.5 Å². The van der Waals surface area contributed by atoms with E-state index in [1.54, 1.807) is 0 Å². The summed E-state index contributed by atoms with van der Waals surface area (Å²) in [6.07, 6.45) is 0.355. The van der Waals surface area contributed by atoms with Crippen LogP contribution < -0.4 is 0 Å². The van der Waals surface area contributed by atoms with Crippen LogP contribution in [0.3, 0.4) is 0 Å². The number of benzene rings is 1. The highest BCUT2D eigenvalue weighted by Gasteiger charge is 2.38. The van der Waals surface area contributed by atoms with Gasteiger partial charge in [-0.25, -0.2) is 0 Å². The Balaban J connectivity index is 2.23. The third-order valence-electron chi connectivity index (χ3n) is 4.91. The van der Waals surface area contributed by atoms with Gasteiger partial charge < -0.3 is 18.6 Å². The van der Waals surface area contributed by atoms with Gasteiger partial charge in [0.1, 0.15) is 6.10 Å². The van der Waals surface area contributed by atoms with Gasteiger partial charge in [0, 0.05) is 0 Å². The van der Waals surface area contributed by atoms with Crippen molar-refractivity contribution >= 4 is 18.4 Å². The Morgan fingerprint density at radius 2 is 1.47 bits per heavy atom. The van der Waals surface area contributed by atoms with Crippen molar-refractivity contribution in [1.82, 2.24) is 0 Å². The van der Waals surface area contributed by atoms with E-state index in [2.05, 4.69) is 33.9 Å². The molecule has 0 N–H and O–H groups in total. The first-order chi connectivity index (χ1) is 13.9. The fraction of sp³-hybridized carbons (Fsp3) is 0.714. The van der Waals surface area contributed by atoms with E-state index in [4.69, 9.17) is 22.8 Å². The summed E-state index contributed by atoms with van der Waals surface area (Å²) in [5, 5.41) is 0.0277. The Morgan fingerprint density at radius 3 is 2.03 bits per heavy atom. The highest BCUT2D eigenvalue weighted by atomic mass is 32.2. The Hall–Kier alpha value is -0.813. The molecule has 0 aromatic heterocycles. The smallest absolute Gasteiger partial charge is 0.264 e. The quantitative estimate of drug-likeness (QED) is 0.224. The second-order valence-corrected chi connectivity index (χ2v) is 15.1. The first-order valence-corrected chi connectivity index (χ1v) is 14.9. The maximum absolute atomic E-state index is 11.5. The molecule has 0 saturated carbocycles. The zero-order valence-corrected chi connectivity index (χ0v) is 21.0. The molecule has 30 heavy (non-hydrogen) atoms. The van der Waals surface area contributed by atoms with Gasteiger partial charge in [0.15, 0.2) is 8.32 Å². The van der Waals surface area contributed by atoms with Gasteiger partial charge in [-0.2, -0.15) is 8.42 Å². The summed E-state index contributed by atoms with van der Waals surface area (Å²) in [4.78, 5) is 0. The fourth-order valence-electron chi connectivity index (χ4n) is 2.19. The normalized spacial score (nSPS) is 14.1. The van der Waals surface area contributed by atoms with E-state index < -0.39 is 24.5 Å². The molecule has 174 valence electrons. The van der Waals surface area contributed by atoms with Crippen molar-refractivity contribution in [2.24, 2.45) is 0 Å². The van der Waals surface area contributed by atoms with Gasteiger partial charge in [-0.1, -0.05) is 51.1 Å². The van der Waals surface area contributed by atoms with Crippen LogP contribution in [0.5, 0.6) is 0 Å². The van der Waals surface area contributed by atoms with Crippen LogP contribution in [0, 0.1) is 0 Å². The highest BCUT2D eigenvalue weighted by Crippen LogP contribution is 2.36. The van der Waals surface area contributed by atoms with Gasteiger partial charge in [-0.3, -0.25) is 4.18 Å². The van der Waals surface area contributed by atoms with Crippen LogP contribution in [0.15, 0.2) is 30.3 Å². The summed E-state index contributed by atoms with van der Waals surface area (Å²) in [6.45, 7) is 13.1. The molecule has 0 radical (unpaired) electrons. The maximum Gasteiger partial charge on any atom is 0.264 e. The van der Waals surface area contributed by atoms with Crippen LogP contribution in [0.4, 0.5) is 0 Å². The van der Waals surface area contributed by atoms with Crippen molar-refractivity contribution in [1.29, 1.82) is 0 Å². The topological polar surface area (TPSA) is 80.3 Å². The average Bonchev–Trinajstić information content (AvgIpc) is 2.63. The van der Waals surface area contributed by atoms with Gasteiger partial charge in [-0.15, -0.1) is 0 Å². The molecule has 0 spiro atoms. The molecule has 9 heteroatoms. The predicted octanol–water partition coefficient (Wildman–Crippen LogP) is 3.60. The molecular weight excluding hydrogens is 424 g/mol. The molecule has 0 unspecified atom stereocenters. The number of hydrogen-bond acceptors (Lipinski definition) is 7. The SMILES string of the molecule is CC(C)(C)[Si](C)(C)OC[C@H](COCCOCCOCc1ccccc1)OS(C)(=O)=O. The van der Waals surface area contributed by atoms with E-state index in [0.29, 0.717) is 33.0 Å². The second kappa shape index (κ2) is 12.9. The van der Waals surface area contributed by atoms with Crippen molar-refractivity contribution < 1.29 is 31.2 Å². The molecular formula is C21H38O7SSi. The van der Waals surface area contributed by atoms with Crippen LogP contribution >= 0.6 is 0 Å².